The fraction of sp³-hybridized carbons (Fsp3) is 0.263. The Bertz CT molecular complexity index is 931. The van der Waals surface area contributed by atoms with Gasteiger partial charge >= 0.3 is 0 Å². The number of hydrogen-bond donors (Lipinski definition) is 0. The summed E-state index contributed by atoms with van der Waals surface area (Å²) >= 11 is 12.1. The Morgan fingerprint density at radius 2 is 1.96 bits per heavy atom. The zero-order valence-electron chi connectivity index (χ0n) is 13.8. The molecule has 4 nitrogen and oxygen atoms in total. The van der Waals surface area contributed by atoms with E-state index in [0.29, 0.717) is 34.3 Å². The number of benzene rings is 2. The van der Waals surface area contributed by atoms with Gasteiger partial charge in [0.2, 0.25) is 0 Å². The highest BCUT2D eigenvalue weighted by atomic mass is 35.5. The van der Waals surface area contributed by atoms with Crippen molar-refractivity contribution in [2.45, 2.75) is 26.3 Å². The smallest absolute Gasteiger partial charge is 0.261 e. The molecule has 3 rings (SSSR count). The van der Waals surface area contributed by atoms with Gasteiger partial charge in [0.05, 0.1) is 28.9 Å². The largest absolute Gasteiger partial charge is 0.492 e. The molecular formula is C19H18Cl2N2O2. The van der Waals surface area contributed by atoms with Gasteiger partial charge in [0.15, 0.2) is 0 Å². The highest BCUT2D eigenvalue weighted by Gasteiger charge is 2.07. The van der Waals surface area contributed by atoms with E-state index in [9.17, 15) is 4.79 Å². The first-order chi connectivity index (χ1) is 12.1. The number of hydrogen-bond acceptors (Lipinski definition) is 3. The molecule has 0 bridgehead atoms. The van der Waals surface area contributed by atoms with E-state index in [1.807, 2.05) is 31.2 Å². The maximum atomic E-state index is 12.4. The molecule has 0 aliphatic rings. The lowest BCUT2D eigenvalue weighted by Crippen LogP contribution is -2.20. The van der Waals surface area contributed by atoms with Gasteiger partial charge in [0.25, 0.3) is 5.56 Å². The van der Waals surface area contributed by atoms with E-state index in [4.69, 9.17) is 27.9 Å². The zero-order valence-corrected chi connectivity index (χ0v) is 15.3. The normalized spacial score (nSPS) is 11.0. The van der Waals surface area contributed by atoms with Gasteiger partial charge < -0.3 is 4.74 Å². The van der Waals surface area contributed by atoms with Crippen LogP contribution in [-0.2, 0) is 6.54 Å². The molecule has 0 saturated carbocycles. The Labute approximate surface area is 156 Å². The summed E-state index contributed by atoms with van der Waals surface area (Å²) in [6.07, 6.45) is 3.22. The number of rotatable bonds is 6. The van der Waals surface area contributed by atoms with Gasteiger partial charge in [-0.3, -0.25) is 9.36 Å². The third-order valence-electron chi connectivity index (χ3n) is 3.97. The topological polar surface area (TPSA) is 44.1 Å². The first kappa shape index (κ1) is 17.8. The van der Waals surface area contributed by atoms with E-state index in [2.05, 4.69) is 4.98 Å². The molecule has 6 heteroatoms. The van der Waals surface area contributed by atoms with Crippen LogP contribution in [0.3, 0.4) is 0 Å². The van der Waals surface area contributed by atoms with Gasteiger partial charge in [-0.1, -0.05) is 35.3 Å². The predicted molar refractivity (Wildman–Crippen MR) is 102 cm³/mol. The number of aryl methyl sites for hydroxylation is 2. The van der Waals surface area contributed by atoms with Crippen molar-refractivity contribution in [1.29, 1.82) is 0 Å². The van der Waals surface area contributed by atoms with Crippen LogP contribution in [0.4, 0.5) is 0 Å². The maximum Gasteiger partial charge on any atom is 0.261 e. The van der Waals surface area contributed by atoms with E-state index >= 15 is 0 Å². The molecule has 25 heavy (non-hydrogen) atoms. The standard InChI is InChI=1S/C19H18Cl2N2O2/c1-13-10-14(20)11-16(21)18(13)25-9-5-4-8-23-12-22-17-7-3-2-6-15(17)19(23)24/h2-3,6-7,10-12H,4-5,8-9H2,1H3. The minimum absolute atomic E-state index is 0.0110. The maximum absolute atomic E-state index is 12.4. The first-order valence-corrected chi connectivity index (χ1v) is 8.84. The van der Waals surface area contributed by atoms with Gasteiger partial charge in [0, 0.05) is 11.6 Å². The number of unbranched alkanes of at least 4 members (excludes halogenated alkanes) is 1. The average Bonchev–Trinajstić information content (AvgIpc) is 2.58. The predicted octanol–water partition coefficient (Wildman–Crippen LogP) is 4.87. The van der Waals surface area contributed by atoms with E-state index < -0.39 is 0 Å². The van der Waals surface area contributed by atoms with Crippen molar-refractivity contribution < 1.29 is 4.74 Å². The van der Waals surface area contributed by atoms with E-state index in [1.165, 1.54) is 0 Å². The molecule has 2 aromatic carbocycles. The number of para-hydroxylation sites is 1. The molecule has 3 aromatic rings. The number of aromatic nitrogens is 2. The minimum Gasteiger partial charge on any atom is -0.492 e. The molecule has 0 saturated heterocycles. The van der Waals surface area contributed by atoms with E-state index in [1.54, 1.807) is 23.0 Å². The molecule has 0 atom stereocenters. The van der Waals surface area contributed by atoms with Gasteiger partial charge in [0.1, 0.15) is 5.75 Å². The summed E-state index contributed by atoms with van der Waals surface area (Å²) in [7, 11) is 0. The molecule has 1 heterocycles. The molecule has 0 radical (unpaired) electrons. The lowest BCUT2D eigenvalue weighted by molar-refractivity contribution is 0.301. The number of nitrogens with zero attached hydrogens (tertiary/aromatic N) is 2. The van der Waals surface area contributed by atoms with Gasteiger partial charge in [-0.2, -0.15) is 0 Å². The van der Waals surface area contributed by atoms with Crippen LogP contribution in [0.2, 0.25) is 10.0 Å². The zero-order chi connectivity index (χ0) is 17.8. The number of ether oxygens (including phenoxy) is 1. The third kappa shape index (κ3) is 4.14. The van der Waals surface area contributed by atoms with Crippen molar-refractivity contribution in [1.82, 2.24) is 9.55 Å². The Balaban J connectivity index is 1.56. The SMILES string of the molecule is Cc1cc(Cl)cc(Cl)c1OCCCCn1cnc2ccccc2c1=O. The number of halogens is 2. The van der Waals surface area contributed by atoms with Crippen molar-refractivity contribution in [3.63, 3.8) is 0 Å². The van der Waals surface area contributed by atoms with Gasteiger partial charge in [-0.05, 0) is 49.6 Å². The fourth-order valence-corrected chi connectivity index (χ4v) is 3.35. The molecule has 0 aliphatic heterocycles. The van der Waals surface area contributed by atoms with Crippen LogP contribution in [0.1, 0.15) is 18.4 Å². The van der Waals surface area contributed by atoms with Crippen LogP contribution in [0.5, 0.6) is 5.75 Å². The fourth-order valence-electron chi connectivity index (χ4n) is 2.70. The number of fused-ring (bicyclic) bond motifs is 1. The molecule has 0 unspecified atom stereocenters. The van der Waals surface area contributed by atoms with Crippen LogP contribution in [0.15, 0.2) is 47.5 Å². The Kier molecular flexibility index (Phi) is 5.61. The van der Waals surface area contributed by atoms with Gasteiger partial charge in [-0.25, -0.2) is 4.98 Å². The molecule has 0 aliphatic carbocycles. The summed E-state index contributed by atoms with van der Waals surface area (Å²) in [4.78, 5) is 16.7. The monoisotopic (exact) mass is 376 g/mol. The minimum atomic E-state index is -0.0110. The molecule has 1 aromatic heterocycles. The highest BCUT2D eigenvalue weighted by molar-refractivity contribution is 6.35. The summed E-state index contributed by atoms with van der Waals surface area (Å²) in [6.45, 7) is 3.04. The summed E-state index contributed by atoms with van der Waals surface area (Å²) in [5.74, 6) is 0.663. The van der Waals surface area contributed by atoms with Crippen molar-refractivity contribution in [3.05, 3.63) is 68.7 Å². The van der Waals surface area contributed by atoms with Crippen LogP contribution >= 0.6 is 23.2 Å². The van der Waals surface area contributed by atoms with Gasteiger partial charge in [-0.15, -0.1) is 0 Å². The quantitative estimate of drug-likeness (QED) is 0.576. The van der Waals surface area contributed by atoms with Crippen molar-refractivity contribution in [2.24, 2.45) is 0 Å². The average molecular weight is 377 g/mol. The summed E-state index contributed by atoms with van der Waals surface area (Å²) in [6, 6.07) is 10.9. The molecule has 0 spiro atoms. The molecule has 130 valence electrons. The van der Waals surface area contributed by atoms with Crippen molar-refractivity contribution >= 4 is 34.1 Å². The summed E-state index contributed by atoms with van der Waals surface area (Å²) in [5, 5.41) is 1.75. The van der Waals surface area contributed by atoms with Crippen molar-refractivity contribution in [2.75, 3.05) is 6.61 Å². The second-order valence-electron chi connectivity index (χ2n) is 5.85. The lowest BCUT2D eigenvalue weighted by atomic mass is 10.2. The summed E-state index contributed by atoms with van der Waals surface area (Å²) in [5.41, 5.74) is 1.62. The van der Waals surface area contributed by atoms with Crippen molar-refractivity contribution in [3.8, 4) is 5.75 Å². The first-order valence-electron chi connectivity index (χ1n) is 8.09. The third-order valence-corrected chi connectivity index (χ3v) is 4.46. The van der Waals surface area contributed by atoms with Crippen LogP contribution in [-0.4, -0.2) is 16.2 Å². The Morgan fingerprint density at radius 3 is 2.76 bits per heavy atom. The summed E-state index contributed by atoms with van der Waals surface area (Å²) < 4.78 is 7.41. The Hall–Kier alpha value is -2.04. The van der Waals surface area contributed by atoms with E-state index in [-0.39, 0.29) is 5.56 Å². The Morgan fingerprint density at radius 1 is 1.16 bits per heavy atom. The molecule has 0 N–H and O–H groups in total. The van der Waals surface area contributed by atoms with E-state index in [0.717, 1.165) is 23.9 Å². The highest BCUT2D eigenvalue weighted by Crippen LogP contribution is 2.31. The molecular weight excluding hydrogens is 359 g/mol. The van der Waals surface area contributed by atoms with Crippen LogP contribution in [0.25, 0.3) is 10.9 Å². The molecule has 0 amide bonds. The second kappa shape index (κ2) is 7.89. The van der Waals surface area contributed by atoms with Crippen LogP contribution in [0, 0.1) is 6.92 Å². The van der Waals surface area contributed by atoms with Crippen LogP contribution < -0.4 is 10.3 Å². The second-order valence-corrected chi connectivity index (χ2v) is 6.69. The lowest BCUT2D eigenvalue weighted by Gasteiger charge is -2.12. The molecule has 0 fully saturated rings.